The van der Waals surface area contributed by atoms with Gasteiger partial charge in [0.15, 0.2) is 0 Å². The predicted molar refractivity (Wildman–Crippen MR) is 71.2 cm³/mol. The standard InChI is InChI=1S/C15H22FNO/c1-11-7-8-13(9-14(11)16)18-10-15(17)12-5-3-2-4-6-12/h7-9,12,15H,2-6,10,17H2,1H3. The molecule has 0 aromatic heterocycles. The number of ether oxygens (including phenoxy) is 1. The van der Waals surface area contributed by atoms with Crippen LogP contribution in [0.1, 0.15) is 37.7 Å². The van der Waals surface area contributed by atoms with Gasteiger partial charge in [-0.15, -0.1) is 0 Å². The van der Waals surface area contributed by atoms with Crippen LogP contribution in [-0.4, -0.2) is 12.6 Å². The fraction of sp³-hybridized carbons (Fsp3) is 0.600. The topological polar surface area (TPSA) is 35.2 Å². The van der Waals surface area contributed by atoms with Crippen molar-refractivity contribution in [2.45, 2.75) is 45.1 Å². The van der Waals surface area contributed by atoms with E-state index in [1.54, 1.807) is 19.1 Å². The molecular formula is C15H22FNO. The summed E-state index contributed by atoms with van der Waals surface area (Å²) in [5, 5.41) is 0. The van der Waals surface area contributed by atoms with Gasteiger partial charge in [-0.25, -0.2) is 4.39 Å². The second-order valence-corrected chi connectivity index (χ2v) is 5.28. The van der Waals surface area contributed by atoms with Crippen molar-refractivity contribution >= 4 is 0 Å². The molecule has 0 bridgehead atoms. The van der Waals surface area contributed by atoms with Crippen LogP contribution in [0.25, 0.3) is 0 Å². The minimum absolute atomic E-state index is 0.0645. The zero-order valence-electron chi connectivity index (χ0n) is 11.0. The molecule has 0 saturated heterocycles. The van der Waals surface area contributed by atoms with E-state index in [9.17, 15) is 4.39 Å². The highest BCUT2D eigenvalue weighted by Gasteiger charge is 2.20. The van der Waals surface area contributed by atoms with Crippen LogP contribution in [0.5, 0.6) is 5.75 Å². The molecule has 1 fully saturated rings. The Labute approximate surface area is 108 Å². The summed E-state index contributed by atoms with van der Waals surface area (Å²) in [6.45, 7) is 2.22. The van der Waals surface area contributed by atoms with Crippen molar-refractivity contribution in [1.29, 1.82) is 0 Å². The first-order valence-electron chi connectivity index (χ1n) is 6.81. The van der Waals surface area contributed by atoms with Crippen molar-refractivity contribution < 1.29 is 9.13 Å². The Morgan fingerprint density at radius 1 is 1.33 bits per heavy atom. The molecule has 1 aromatic carbocycles. The molecule has 1 saturated carbocycles. The Balaban J connectivity index is 1.84. The fourth-order valence-corrected chi connectivity index (χ4v) is 2.55. The first-order chi connectivity index (χ1) is 8.66. The Kier molecular flexibility index (Phi) is 4.59. The lowest BCUT2D eigenvalue weighted by Crippen LogP contribution is -2.37. The molecule has 0 spiro atoms. The summed E-state index contributed by atoms with van der Waals surface area (Å²) < 4.78 is 18.9. The third kappa shape index (κ3) is 3.45. The van der Waals surface area contributed by atoms with Gasteiger partial charge >= 0.3 is 0 Å². The highest BCUT2D eigenvalue weighted by molar-refractivity contribution is 5.28. The highest BCUT2D eigenvalue weighted by Crippen LogP contribution is 2.26. The number of aryl methyl sites for hydroxylation is 1. The lowest BCUT2D eigenvalue weighted by Gasteiger charge is -2.27. The average Bonchev–Trinajstić information content (AvgIpc) is 2.41. The Morgan fingerprint density at radius 3 is 2.72 bits per heavy atom. The van der Waals surface area contributed by atoms with Gasteiger partial charge in [0.1, 0.15) is 18.2 Å². The van der Waals surface area contributed by atoms with E-state index in [-0.39, 0.29) is 11.9 Å². The molecule has 3 heteroatoms. The van der Waals surface area contributed by atoms with E-state index in [1.165, 1.54) is 38.2 Å². The molecule has 0 heterocycles. The van der Waals surface area contributed by atoms with Gasteiger partial charge in [0.2, 0.25) is 0 Å². The zero-order chi connectivity index (χ0) is 13.0. The van der Waals surface area contributed by atoms with Crippen LogP contribution in [0.2, 0.25) is 0 Å². The van der Waals surface area contributed by atoms with Gasteiger partial charge < -0.3 is 10.5 Å². The van der Waals surface area contributed by atoms with Gasteiger partial charge in [-0.05, 0) is 37.3 Å². The number of hydrogen-bond acceptors (Lipinski definition) is 2. The maximum atomic E-state index is 13.3. The quantitative estimate of drug-likeness (QED) is 0.890. The minimum atomic E-state index is -0.223. The zero-order valence-corrected chi connectivity index (χ0v) is 11.0. The first-order valence-corrected chi connectivity index (χ1v) is 6.81. The Hall–Kier alpha value is -1.09. The van der Waals surface area contributed by atoms with Crippen molar-refractivity contribution in [1.82, 2.24) is 0 Å². The second-order valence-electron chi connectivity index (χ2n) is 5.28. The number of benzene rings is 1. The van der Waals surface area contributed by atoms with Gasteiger partial charge in [0, 0.05) is 12.1 Å². The molecule has 100 valence electrons. The molecule has 1 aromatic rings. The molecule has 1 unspecified atom stereocenters. The molecule has 2 rings (SSSR count). The smallest absolute Gasteiger partial charge is 0.129 e. The first kappa shape index (κ1) is 13.3. The maximum Gasteiger partial charge on any atom is 0.129 e. The van der Waals surface area contributed by atoms with Crippen molar-refractivity contribution in [2.75, 3.05) is 6.61 Å². The van der Waals surface area contributed by atoms with Gasteiger partial charge in [-0.3, -0.25) is 0 Å². The van der Waals surface area contributed by atoms with Gasteiger partial charge in [0.05, 0.1) is 0 Å². The number of rotatable bonds is 4. The van der Waals surface area contributed by atoms with Crippen LogP contribution in [0.4, 0.5) is 4.39 Å². The molecule has 2 nitrogen and oxygen atoms in total. The Morgan fingerprint density at radius 2 is 2.06 bits per heavy atom. The van der Waals surface area contributed by atoms with E-state index in [4.69, 9.17) is 10.5 Å². The van der Waals surface area contributed by atoms with Crippen LogP contribution >= 0.6 is 0 Å². The summed E-state index contributed by atoms with van der Waals surface area (Å²) in [5.74, 6) is 0.914. The number of nitrogens with two attached hydrogens (primary N) is 1. The van der Waals surface area contributed by atoms with E-state index < -0.39 is 0 Å². The molecule has 0 radical (unpaired) electrons. The van der Waals surface area contributed by atoms with Gasteiger partial charge in [0.25, 0.3) is 0 Å². The molecule has 1 aliphatic rings. The summed E-state index contributed by atoms with van der Waals surface area (Å²) in [7, 11) is 0. The van der Waals surface area contributed by atoms with E-state index in [1.807, 2.05) is 0 Å². The largest absolute Gasteiger partial charge is 0.492 e. The molecule has 18 heavy (non-hydrogen) atoms. The minimum Gasteiger partial charge on any atom is -0.492 e. The van der Waals surface area contributed by atoms with Crippen LogP contribution in [0.3, 0.4) is 0 Å². The molecule has 0 amide bonds. The predicted octanol–water partition coefficient (Wildman–Crippen LogP) is 3.42. The molecule has 1 atom stereocenters. The van der Waals surface area contributed by atoms with Crippen molar-refractivity contribution in [2.24, 2.45) is 11.7 Å². The summed E-state index contributed by atoms with van der Waals surface area (Å²) in [6, 6.07) is 5.03. The van der Waals surface area contributed by atoms with Crippen LogP contribution in [0.15, 0.2) is 18.2 Å². The van der Waals surface area contributed by atoms with Gasteiger partial charge in [-0.2, -0.15) is 0 Å². The Bertz CT molecular complexity index is 388. The van der Waals surface area contributed by atoms with Crippen molar-refractivity contribution in [3.8, 4) is 5.75 Å². The van der Waals surface area contributed by atoms with Crippen LogP contribution in [0, 0.1) is 18.7 Å². The fourth-order valence-electron chi connectivity index (χ4n) is 2.55. The molecule has 0 aliphatic heterocycles. The van der Waals surface area contributed by atoms with E-state index in [0.29, 0.717) is 23.8 Å². The SMILES string of the molecule is Cc1ccc(OCC(N)C2CCCCC2)cc1F. The second kappa shape index (κ2) is 6.19. The normalized spacial score (nSPS) is 18.6. The van der Waals surface area contributed by atoms with Crippen molar-refractivity contribution in [3.05, 3.63) is 29.6 Å². The van der Waals surface area contributed by atoms with Crippen LogP contribution in [-0.2, 0) is 0 Å². The van der Waals surface area contributed by atoms with E-state index in [0.717, 1.165) is 0 Å². The maximum absolute atomic E-state index is 13.3. The third-order valence-electron chi connectivity index (χ3n) is 3.84. The van der Waals surface area contributed by atoms with E-state index in [2.05, 4.69) is 0 Å². The average molecular weight is 251 g/mol. The molecule has 2 N–H and O–H groups in total. The molecule has 1 aliphatic carbocycles. The summed E-state index contributed by atoms with van der Waals surface area (Å²) in [4.78, 5) is 0. The lowest BCUT2D eigenvalue weighted by molar-refractivity contribution is 0.213. The van der Waals surface area contributed by atoms with E-state index >= 15 is 0 Å². The molecular weight excluding hydrogens is 229 g/mol. The monoisotopic (exact) mass is 251 g/mol. The summed E-state index contributed by atoms with van der Waals surface area (Å²) >= 11 is 0. The van der Waals surface area contributed by atoms with Crippen LogP contribution < -0.4 is 10.5 Å². The highest BCUT2D eigenvalue weighted by atomic mass is 19.1. The van der Waals surface area contributed by atoms with Crippen molar-refractivity contribution in [3.63, 3.8) is 0 Å². The number of halogens is 1. The third-order valence-corrected chi connectivity index (χ3v) is 3.84. The summed E-state index contributed by atoms with van der Waals surface area (Å²) in [5.41, 5.74) is 6.78. The van der Waals surface area contributed by atoms with Gasteiger partial charge in [-0.1, -0.05) is 25.3 Å². The number of hydrogen-bond donors (Lipinski definition) is 1. The lowest BCUT2D eigenvalue weighted by atomic mass is 9.84. The summed E-state index contributed by atoms with van der Waals surface area (Å²) in [6.07, 6.45) is 6.28.